The lowest BCUT2D eigenvalue weighted by molar-refractivity contribution is 0.104. The molecule has 0 saturated heterocycles. The molecule has 0 aliphatic rings. The Kier molecular flexibility index (Phi) is 5.21. The van der Waals surface area contributed by atoms with E-state index in [1.165, 1.54) is 35.9 Å². The number of Topliss-reactive ketones (excluding diaryl/α,β-unsaturated/α-hetero) is 1. The van der Waals surface area contributed by atoms with Crippen molar-refractivity contribution in [3.8, 4) is 6.07 Å². The Labute approximate surface area is 129 Å². The van der Waals surface area contributed by atoms with E-state index in [2.05, 4.69) is 6.92 Å². The molecule has 0 aromatic heterocycles. The third-order valence-corrected chi connectivity index (χ3v) is 3.30. The molecule has 0 aliphatic carbocycles. The first-order chi connectivity index (χ1) is 10.6. The minimum Gasteiger partial charge on any atom is -0.288 e. The Morgan fingerprint density at radius 3 is 2.32 bits per heavy atom. The molecule has 0 bridgehead atoms. The van der Waals surface area contributed by atoms with Gasteiger partial charge in [0.25, 0.3) is 0 Å². The molecule has 0 radical (unpaired) electrons. The van der Waals surface area contributed by atoms with E-state index in [1.807, 2.05) is 18.2 Å². The Bertz CT molecular complexity index is 722. The number of ketones is 1. The number of allylic oxidation sites excluding steroid dienone is 1. The van der Waals surface area contributed by atoms with Crippen molar-refractivity contribution in [3.63, 3.8) is 0 Å². The van der Waals surface area contributed by atoms with E-state index in [9.17, 15) is 14.4 Å². The lowest BCUT2D eigenvalue weighted by atomic mass is 10.00. The molecule has 2 rings (SSSR count). The summed E-state index contributed by atoms with van der Waals surface area (Å²) in [4.78, 5) is 12.4. The molecule has 0 atom stereocenters. The summed E-state index contributed by atoms with van der Waals surface area (Å²) in [7, 11) is 0. The molecule has 0 saturated carbocycles. The van der Waals surface area contributed by atoms with Crippen LogP contribution in [0.5, 0.6) is 0 Å². The Balaban J connectivity index is 2.25. The number of carbonyl (C=O) groups is 1. The highest BCUT2D eigenvalue weighted by atomic mass is 19.1. The van der Waals surface area contributed by atoms with Crippen LogP contribution in [0.4, 0.5) is 4.39 Å². The van der Waals surface area contributed by atoms with Crippen molar-refractivity contribution in [2.45, 2.75) is 19.8 Å². The summed E-state index contributed by atoms with van der Waals surface area (Å²) in [6.07, 6.45) is 3.48. The number of nitrogens with zero attached hydrogens (tertiary/aromatic N) is 1. The van der Waals surface area contributed by atoms with Crippen LogP contribution in [-0.4, -0.2) is 5.78 Å². The van der Waals surface area contributed by atoms with Crippen molar-refractivity contribution in [1.29, 1.82) is 5.26 Å². The lowest BCUT2D eigenvalue weighted by Crippen LogP contribution is -2.02. The maximum atomic E-state index is 12.9. The largest absolute Gasteiger partial charge is 0.288 e. The van der Waals surface area contributed by atoms with Crippen LogP contribution in [-0.2, 0) is 6.42 Å². The molecule has 0 unspecified atom stereocenters. The second kappa shape index (κ2) is 7.33. The fourth-order valence-corrected chi connectivity index (χ4v) is 2.14. The second-order valence-corrected chi connectivity index (χ2v) is 5.00. The van der Waals surface area contributed by atoms with Crippen molar-refractivity contribution in [1.82, 2.24) is 0 Å². The summed E-state index contributed by atoms with van der Waals surface area (Å²) in [5.41, 5.74) is 2.30. The first kappa shape index (κ1) is 15.7. The number of rotatable bonds is 5. The molecule has 2 aromatic carbocycles. The molecule has 2 nitrogen and oxygen atoms in total. The summed E-state index contributed by atoms with van der Waals surface area (Å²) in [6.45, 7) is 2.10. The standard InChI is InChI=1S/C19H16FNO/c1-2-3-14-4-8-16(9-5-14)19(22)17(13-21)12-15-6-10-18(20)11-7-15/h4-12H,2-3H2,1H3/b17-12+. The van der Waals surface area contributed by atoms with Gasteiger partial charge in [-0.1, -0.05) is 49.7 Å². The molecule has 0 spiro atoms. The zero-order chi connectivity index (χ0) is 15.9. The predicted octanol–water partition coefficient (Wildman–Crippen LogP) is 4.57. The Morgan fingerprint density at radius 2 is 1.77 bits per heavy atom. The number of carbonyl (C=O) groups excluding carboxylic acids is 1. The minimum absolute atomic E-state index is 0.0369. The molecular formula is C19H16FNO. The van der Waals surface area contributed by atoms with E-state index in [0.29, 0.717) is 11.1 Å². The van der Waals surface area contributed by atoms with Gasteiger partial charge in [0.1, 0.15) is 17.5 Å². The Morgan fingerprint density at radius 1 is 1.14 bits per heavy atom. The van der Waals surface area contributed by atoms with Gasteiger partial charge in [0, 0.05) is 5.56 Å². The van der Waals surface area contributed by atoms with Crippen LogP contribution in [0.3, 0.4) is 0 Å². The van der Waals surface area contributed by atoms with Crippen molar-refractivity contribution >= 4 is 11.9 Å². The van der Waals surface area contributed by atoms with Gasteiger partial charge < -0.3 is 0 Å². The van der Waals surface area contributed by atoms with Gasteiger partial charge in [-0.05, 0) is 35.8 Å². The second-order valence-electron chi connectivity index (χ2n) is 5.00. The summed E-state index contributed by atoms with van der Waals surface area (Å²) in [6, 6.07) is 14.9. The first-order valence-corrected chi connectivity index (χ1v) is 7.15. The lowest BCUT2D eigenvalue weighted by Gasteiger charge is -2.02. The van der Waals surface area contributed by atoms with Crippen molar-refractivity contribution in [2.24, 2.45) is 0 Å². The maximum Gasteiger partial charge on any atom is 0.203 e. The van der Waals surface area contributed by atoms with E-state index < -0.39 is 0 Å². The maximum absolute atomic E-state index is 12.9. The molecular weight excluding hydrogens is 277 g/mol. The number of hydrogen-bond acceptors (Lipinski definition) is 2. The third-order valence-electron chi connectivity index (χ3n) is 3.30. The molecule has 3 heteroatoms. The molecule has 0 fully saturated rings. The molecule has 0 N–H and O–H groups in total. The zero-order valence-corrected chi connectivity index (χ0v) is 12.3. The van der Waals surface area contributed by atoms with E-state index in [-0.39, 0.29) is 17.2 Å². The van der Waals surface area contributed by atoms with Crippen LogP contribution in [0.25, 0.3) is 6.08 Å². The quantitative estimate of drug-likeness (QED) is 0.460. The highest BCUT2D eigenvalue weighted by Crippen LogP contribution is 2.14. The van der Waals surface area contributed by atoms with Gasteiger partial charge in [-0.25, -0.2) is 4.39 Å². The minimum atomic E-state index is -0.353. The highest BCUT2D eigenvalue weighted by molar-refractivity contribution is 6.14. The number of nitriles is 1. The summed E-state index contributed by atoms with van der Waals surface area (Å²) in [5.74, 6) is -0.677. The van der Waals surface area contributed by atoms with Gasteiger partial charge in [0.15, 0.2) is 0 Å². The molecule has 0 aliphatic heterocycles. The van der Waals surface area contributed by atoms with Crippen molar-refractivity contribution < 1.29 is 9.18 Å². The predicted molar refractivity (Wildman–Crippen MR) is 84.8 cm³/mol. The van der Waals surface area contributed by atoms with E-state index >= 15 is 0 Å². The zero-order valence-electron chi connectivity index (χ0n) is 12.3. The molecule has 0 amide bonds. The molecule has 0 heterocycles. The fourth-order valence-electron chi connectivity index (χ4n) is 2.14. The van der Waals surface area contributed by atoms with Crippen LogP contribution < -0.4 is 0 Å². The molecule has 2 aromatic rings. The number of hydrogen-bond donors (Lipinski definition) is 0. The van der Waals surface area contributed by atoms with E-state index in [4.69, 9.17) is 0 Å². The summed E-state index contributed by atoms with van der Waals surface area (Å²) < 4.78 is 12.9. The first-order valence-electron chi connectivity index (χ1n) is 7.15. The molecule has 110 valence electrons. The average Bonchev–Trinajstić information content (AvgIpc) is 2.55. The topological polar surface area (TPSA) is 40.9 Å². The van der Waals surface area contributed by atoms with E-state index in [1.54, 1.807) is 12.1 Å². The monoisotopic (exact) mass is 293 g/mol. The van der Waals surface area contributed by atoms with Gasteiger partial charge in [0.2, 0.25) is 5.78 Å². The van der Waals surface area contributed by atoms with Gasteiger partial charge in [-0.3, -0.25) is 4.79 Å². The van der Waals surface area contributed by atoms with Crippen molar-refractivity contribution in [2.75, 3.05) is 0 Å². The smallest absolute Gasteiger partial charge is 0.203 e. The van der Waals surface area contributed by atoms with E-state index in [0.717, 1.165) is 12.8 Å². The number of halogens is 1. The van der Waals surface area contributed by atoms with Crippen LogP contribution in [0.1, 0.15) is 34.8 Å². The van der Waals surface area contributed by atoms with Crippen LogP contribution >= 0.6 is 0 Å². The van der Waals surface area contributed by atoms with Crippen molar-refractivity contribution in [3.05, 3.63) is 76.6 Å². The summed E-state index contributed by atoms with van der Waals surface area (Å²) >= 11 is 0. The van der Waals surface area contributed by atoms with Gasteiger partial charge in [0.05, 0.1) is 0 Å². The SMILES string of the molecule is CCCc1ccc(C(=O)/C(C#N)=C/c2ccc(F)cc2)cc1. The van der Waals surface area contributed by atoms with Crippen LogP contribution in [0.15, 0.2) is 54.1 Å². The van der Waals surface area contributed by atoms with Gasteiger partial charge in [-0.15, -0.1) is 0 Å². The van der Waals surface area contributed by atoms with Gasteiger partial charge >= 0.3 is 0 Å². The fraction of sp³-hybridized carbons (Fsp3) is 0.158. The normalized spacial score (nSPS) is 11.0. The van der Waals surface area contributed by atoms with Crippen LogP contribution in [0, 0.1) is 17.1 Å². The number of aryl methyl sites for hydroxylation is 1. The highest BCUT2D eigenvalue weighted by Gasteiger charge is 2.12. The van der Waals surface area contributed by atoms with Crippen LogP contribution in [0.2, 0.25) is 0 Å². The number of benzene rings is 2. The van der Waals surface area contributed by atoms with Gasteiger partial charge in [-0.2, -0.15) is 5.26 Å². The average molecular weight is 293 g/mol. The third kappa shape index (κ3) is 3.89. The molecule has 22 heavy (non-hydrogen) atoms. The Hall–Kier alpha value is -2.73. The summed E-state index contributed by atoms with van der Waals surface area (Å²) in [5, 5.41) is 9.20.